The summed E-state index contributed by atoms with van der Waals surface area (Å²) < 4.78 is 0. The second-order valence-corrected chi connectivity index (χ2v) is 7.31. The van der Waals surface area contributed by atoms with Crippen molar-refractivity contribution < 1.29 is 9.59 Å². The Hall–Kier alpha value is -1.88. The summed E-state index contributed by atoms with van der Waals surface area (Å²) in [5.41, 5.74) is 2.00. The lowest BCUT2D eigenvalue weighted by molar-refractivity contribution is 0.0625. The zero-order chi connectivity index (χ0) is 18.7. The third kappa shape index (κ3) is 4.44. The molecule has 6 heteroatoms. The van der Waals surface area contributed by atoms with Crippen molar-refractivity contribution in [2.45, 2.75) is 13.5 Å². The van der Waals surface area contributed by atoms with Crippen LogP contribution >= 0.6 is 23.2 Å². The lowest BCUT2D eigenvalue weighted by Gasteiger charge is -2.35. The van der Waals surface area contributed by atoms with Gasteiger partial charge < -0.3 is 4.90 Å². The van der Waals surface area contributed by atoms with Crippen LogP contribution in [-0.4, -0.2) is 47.7 Å². The molecule has 3 rings (SSSR count). The van der Waals surface area contributed by atoms with Crippen LogP contribution in [0.25, 0.3) is 0 Å². The monoisotopic (exact) mass is 390 g/mol. The zero-order valence-electron chi connectivity index (χ0n) is 14.5. The fraction of sp³-hybridized carbons (Fsp3) is 0.300. The molecule has 136 valence electrons. The molecule has 0 aromatic heterocycles. The Kier molecular flexibility index (Phi) is 5.97. The first-order valence-corrected chi connectivity index (χ1v) is 9.26. The van der Waals surface area contributed by atoms with Gasteiger partial charge in [0.1, 0.15) is 0 Å². The van der Waals surface area contributed by atoms with Gasteiger partial charge in [0.05, 0.1) is 5.56 Å². The van der Waals surface area contributed by atoms with Gasteiger partial charge in [0.25, 0.3) is 5.91 Å². The van der Waals surface area contributed by atoms with Crippen molar-refractivity contribution in [3.63, 3.8) is 0 Å². The van der Waals surface area contributed by atoms with Crippen LogP contribution < -0.4 is 0 Å². The van der Waals surface area contributed by atoms with Crippen molar-refractivity contribution in [3.8, 4) is 0 Å². The van der Waals surface area contributed by atoms with E-state index in [4.69, 9.17) is 23.2 Å². The van der Waals surface area contributed by atoms with Gasteiger partial charge in [-0.2, -0.15) is 0 Å². The van der Waals surface area contributed by atoms with Gasteiger partial charge in [0, 0.05) is 48.3 Å². The van der Waals surface area contributed by atoms with Gasteiger partial charge in [0.2, 0.25) is 0 Å². The van der Waals surface area contributed by atoms with Crippen molar-refractivity contribution >= 4 is 34.9 Å². The third-order valence-electron chi connectivity index (χ3n) is 4.57. The maximum atomic E-state index is 12.8. The Morgan fingerprint density at radius 2 is 1.50 bits per heavy atom. The van der Waals surface area contributed by atoms with Crippen LogP contribution in [-0.2, 0) is 6.54 Å². The lowest BCUT2D eigenvalue weighted by atomic mass is 10.0. The fourth-order valence-corrected chi connectivity index (χ4v) is 3.42. The van der Waals surface area contributed by atoms with Crippen LogP contribution in [0.3, 0.4) is 0 Å². The molecule has 0 spiro atoms. The first-order chi connectivity index (χ1) is 12.4. The average molecular weight is 391 g/mol. The summed E-state index contributed by atoms with van der Waals surface area (Å²) >= 11 is 11.9. The number of benzene rings is 2. The SMILES string of the molecule is CC(=O)c1cc(Cl)ccc1C(=O)N1CCN(Cc2ccc(Cl)cc2)CC1. The minimum Gasteiger partial charge on any atom is -0.336 e. The molecule has 1 fully saturated rings. The average Bonchev–Trinajstić information content (AvgIpc) is 2.63. The first kappa shape index (κ1) is 18.9. The minimum atomic E-state index is -0.155. The van der Waals surface area contributed by atoms with E-state index < -0.39 is 0 Å². The van der Waals surface area contributed by atoms with E-state index in [1.54, 1.807) is 23.1 Å². The number of rotatable bonds is 4. The molecule has 0 atom stereocenters. The Bertz CT molecular complexity index is 813. The number of Topliss-reactive ketones (excluding diaryl/α,β-unsaturated/α-hetero) is 1. The van der Waals surface area contributed by atoms with Gasteiger partial charge in [-0.25, -0.2) is 0 Å². The number of carbonyl (C=O) groups is 2. The molecule has 2 aromatic rings. The number of halogens is 2. The molecule has 0 bridgehead atoms. The fourth-order valence-electron chi connectivity index (χ4n) is 3.12. The molecule has 2 aromatic carbocycles. The van der Waals surface area contributed by atoms with Crippen LogP contribution in [0, 0.1) is 0 Å². The number of ketones is 1. The number of hydrogen-bond donors (Lipinski definition) is 0. The van der Waals surface area contributed by atoms with E-state index >= 15 is 0 Å². The standard InChI is InChI=1S/C20H20Cl2N2O2/c1-14(25)19-12-17(22)6-7-18(19)20(26)24-10-8-23(9-11-24)13-15-2-4-16(21)5-3-15/h2-7,12H,8-11,13H2,1H3. The normalized spacial score (nSPS) is 15.1. The number of amides is 1. The summed E-state index contributed by atoms with van der Waals surface area (Å²) in [6.07, 6.45) is 0. The van der Waals surface area contributed by atoms with Gasteiger partial charge in [0.15, 0.2) is 5.78 Å². The van der Waals surface area contributed by atoms with E-state index in [-0.39, 0.29) is 11.7 Å². The predicted molar refractivity (Wildman–Crippen MR) is 104 cm³/mol. The van der Waals surface area contributed by atoms with E-state index in [1.165, 1.54) is 12.5 Å². The summed E-state index contributed by atoms with van der Waals surface area (Å²) in [7, 11) is 0. The highest BCUT2D eigenvalue weighted by atomic mass is 35.5. The summed E-state index contributed by atoms with van der Waals surface area (Å²) in [4.78, 5) is 28.8. The summed E-state index contributed by atoms with van der Waals surface area (Å²) in [6.45, 7) is 5.12. The molecular weight excluding hydrogens is 371 g/mol. The number of carbonyl (C=O) groups excluding carboxylic acids is 2. The highest BCUT2D eigenvalue weighted by Gasteiger charge is 2.24. The van der Waals surface area contributed by atoms with Crippen LogP contribution in [0.15, 0.2) is 42.5 Å². The quantitative estimate of drug-likeness (QED) is 0.736. The highest BCUT2D eigenvalue weighted by Crippen LogP contribution is 2.20. The Morgan fingerprint density at radius 1 is 0.885 bits per heavy atom. The van der Waals surface area contributed by atoms with Crippen LogP contribution in [0.2, 0.25) is 10.0 Å². The van der Waals surface area contributed by atoms with E-state index in [2.05, 4.69) is 4.90 Å². The summed E-state index contributed by atoms with van der Waals surface area (Å²) in [5.74, 6) is -0.268. The molecule has 1 aliphatic heterocycles. The molecule has 1 heterocycles. The van der Waals surface area contributed by atoms with Crippen molar-refractivity contribution in [2.75, 3.05) is 26.2 Å². The van der Waals surface area contributed by atoms with E-state index in [0.717, 1.165) is 24.7 Å². The van der Waals surface area contributed by atoms with Gasteiger partial charge in [-0.3, -0.25) is 14.5 Å². The van der Waals surface area contributed by atoms with Crippen molar-refractivity contribution in [3.05, 3.63) is 69.2 Å². The zero-order valence-corrected chi connectivity index (χ0v) is 16.1. The van der Waals surface area contributed by atoms with Crippen LogP contribution in [0.5, 0.6) is 0 Å². The maximum absolute atomic E-state index is 12.8. The largest absolute Gasteiger partial charge is 0.336 e. The predicted octanol–water partition coefficient (Wildman–Crippen LogP) is 4.15. The van der Waals surface area contributed by atoms with Crippen molar-refractivity contribution in [2.24, 2.45) is 0 Å². The molecule has 1 amide bonds. The Labute approximate surface area is 163 Å². The van der Waals surface area contributed by atoms with E-state index in [1.807, 2.05) is 24.3 Å². The molecule has 0 N–H and O–H groups in total. The third-order valence-corrected chi connectivity index (χ3v) is 5.06. The highest BCUT2D eigenvalue weighted by molar-refractivity contribution is 6.31. The smallest absolute Gasteiger partial charge is 0.254 e. The molecular formula is C20H20Cl2N2O2. The number of piperazine rings is 1. The molecule has 26 heavy (non-hydrogen) atoms. The van der Waals surface area contributed by atoms with Gasteiger partial charge in [-0.05, 0) is 42.8 Å². The number of hydrogen-bond acceptors (Lipinski definition) is 3. The van der Waals surface area contributed by atoms with Gasteiger partial charge in [-0.15, -0.1) is 0 Å². The Balaban J connectivity index is 1.64. The van der Waals surface area contributed by atoms with Crippen LogP contribution in [0.1, 0.15) is 33.2 Å². The van der Waals surface area contributed by atoms with Gasteiger partial charge >= 0.3 is 0 Å². The number of nitrogens with zero attached hydrogens (tertiary/aromatic N) is 2. The molecule has 0 saturated carbocycles. The molecule has 4 nitrogen and oxygen atoms in total. The molecule has 0 unspecified atom stereocenters. The van der Waals surface area contributed by atoms with Gasteiger partial charge in [-0.1, -0.05) is 35.3 Å². The maximum Gasteiger partial charge on any atom is 0.254 e. The molecule has 0 aliphatic carbocycles. The minimum absolute atomic E-state index is 0.113. The first-order valence-electron chi connectivity index (χ1n) is 8.50. The summed E-state index contributed by atoms with van der Waals surface area (Å²) in [5, 5.41) is 1.19. The second-order valence-electron chi connectivity index (χ2n) is 6.44. The van der Waals surface area contributed by atoms with E-state index in [9.17, 15) is 9.59 Å². The lowest BCUT2D eigenvalue weighted by Crippen LogP contribution is -2.48. The topological polar surface area (TPSA) is 40.6 Å². The van der Waals surface area contributed by atoms with E-state index in [0.29, 0.717) is 29.2 Å². The van der Waals surface area contributed by atoms with Crippen molar-refractivity contribution in [1.82, 2.24) is 9.80 Å². The molecule has 0 radical (unpaired) electrons. The molecule has 1 saturated heterocycles. The second kappa shape index (κ2) is 8.21. The van der Waals surface area contributed by atoms with Crippen molar-refractivity contribution in [1.29, 1.82) is 0 Å². The summed E-state index contributed by atoms with van der Waals surface area (Å²) in [6, 6.07) is 12.7. The molecule has 1 aliphatic rings. The van der Waals surface area contributed by atoms with Crippen LogP contribution in [0.4, 0.5) is 0 Å². The Morgan fingerprint density at radius 3 is 2.12 bits per heavy atom.